The van der Waals surface area contributed by atoms with Crippen LogP contribution in [-0.4, -0.2) is 6.71 Å². The number of hydrogen-bond acceptors (Lipinski definition) is 3. The Kier molecular flexibility index (Phi) is 12.3. The molecule has 4 heteroatoms. The number of nitrogens with zero attached hydrogens (tertiary/aromatic N) is 3. The molecule has 0 unspecified atom stereocenters. The van der Waals surface area contributed by atoms with Gasteiger partial charge in [-0.15, -0.1) is 0 Å². The number of para-hydroxylation sites is 2. The lowest BCUT2D eigenvalue weighted by Gasteiger charge is -2.49. The first kappa shape index (κ1) is 55.3. The van der Waals surface area contributed by atoms with E-state index in [1.54, 1.807) is 0 Å². The molecular formula is C81H86BN3. The van der Waals surface area contributed by atoms with Gasteiger partial charge in [0.2, 0.25) is 0 Å². The molecule has 2 aliphatic heterocycles. The van der Waals surface area contributed by atoms with Gasteiger partial charge in [0, 0.05) is 50.8 Å². The van der Waals surface area contributed by atoms with E-state index in [0.29, 0.717) is 0 Å². The molecule has 14 rings (SSSR count). The molecule has 0 radical (unpaired) electrons. The van der Waals surface area contributed by atoms with Crippen LogP contribution in [0.15, 0.2) is 188 Å². The fourth-order valence-corrected chi connectivity index (χ4v) is 16.7. The zero-order valence-corrected chi connectivity index (χ0v) is 53.4. The van der Waals surface area contributed by atoms with Crippen LogP contribution in [0.2, 0.25) is 0 Å². The Bertz CT molecular complexity index is 4100. The first-order valence-electron chi connectivity index (χ1n) is 31.7. The highest BCUT2D eigenvalue weighted by atomic mass is 15.2. The van der Waals surface area contributed by atoms with E-state index in [2.05, 4.69) is 307 Å². The van der Waals surface area contributed by atoms with Crippen LogP contribution >= 0.6 is 0 Å². The summed E-state index contributed by atoms with van der Waals surface area (Å²) in [5.41, 5.74) is 29.9. The van der Waals surface area contributed by atoms with Crippen LogP contribution in [0.3, 0.4) is 0 Å². The average molecular weight is 1110 g/mol. The van der Waals surface area contributed by atoms with Gasteiger partial charge in [-0.2, -0.15) is 0 Å². The number of anilines is 9. The van der Waals surface area contributed by atoms with Gasteiger partial charge in [0.15, 0.2) is 0 Å². The van der Waals surface area contributed by atoms with E-state index in [0.717, 1.165) is 42.7 Å². The van der Waals surface area contributed by atoms with E-state index < -0.39 is 0 Å². The summed E-state index contributed by atoms with van der Waals surface area (Å²) in [6.07, 6.45) is 5.68. The van der Waals surface area contributed by atoms with Crippen molar-refractivity contribution in [2.75, 3.05) is 14.7 Å². The van der Waals surface area contributed by atoms with Crippen molar-refractivity contribution in [1.29, 1.82) is 0 Å². The van der Waals surface area contributed by atoms with Gasteiger partial charge in [-0.3, -0.25) is 0 Å². The third kappa shape index (κ3) is 8.64. The predicted molar refractivity (Wildman–Crippen MR) is 365 cm³/mol. The molecule has 0 amide bonds. The molecule has 0 fully saturated rings. The summed E-state index contributed by atoms with van der Waals surface area (Å²) in [6, 6.07) is 73.2. The number of fused-ring (bicyclic) bond motifs is 7. The number of rotatable bonds is 8. The third-order valence-corrected chi connectivity index (χ3v) is 21.7. The SMILES string of the molecule is Cc1cc2c(cc1N1c3cc4c(cc3B3c5cc6c(cc5N(c5ccc(C(C)(C)c7ccccc7)cc5-c5ccccc5)c5cc(N(c7ccccc7)c7ccccc7)cc1c53)C(C)(C)CCC6(C)C)C(C)(C)CC4(C)C)C(C)(C)CCC2(C)C. The van der Waals surface area contributed by atoms with Crippen molar-refractivity contribution in [2.24, 2.45) is 0 Å². The molecule has 0 bridgehead atoms. The Morgan fingerprint density at radius 1 is 0.365 bits per heavy atom. The van der Waals surface area contributed by atoms with Crippen molar-refractivity contribution < 1.29 is 0 Å². The fourth-order valence-electron chi connectivity index (χ4n) is 16.7. The molecule has 2 heterocycles. The van der Waals surface area contributed by atoms with Crippen LogP contribution in [0, 0.1) is 6.92 Å². The molecule has 0 saturated carbocycles. The lowest BCUT2D eigenvalue weighted by atomic mass is 9.33. The highest BCUT2D eigenvalue weighted by Crippen LogP contribution is 2.57. The van der Waals surface area contributed by atoms with Crippen LogP contribution in [0.1, 0.15) is 179 Å². The Balaban J connectivity index is 1.17. The lowest BCUT2D eigenvalue weighted by Crippen LogP contribution is -2.62. The second kappa shape index (κ2) is 19.0. The van der Waals surface area contributed by atoms with E-state index >= 15 is 0 Å². The summed E-state index contributed by atoms with van der Waals surface area (Å²) >= 11 is 0. The van der Waals surface area contributed by atoms with Gasteiger partial charge in [-0.05, 0) is 210 Å². The third-order valence-electron chi connectivity index (χ3n) is 21.7. The van der Waals surface area contributed by atoms with Crippen LogP contribution in [0.5, 0.6) is 0 Å². The van der Waals surface area contributed by atoms with Crippen molar-refractivity contribution in [2.45, 2.75) is 174 Å². The van der Waals surface area contributed by atoms with Gasteiger partial charge in [0.05, 0.1) is 11.4 Å². The van der Waals surface area contributed by atoms with Crippen LogP contribution in [0.25, 0.3) is 11.1 Å². The first-order valence-corrected chi connectivity index (χ1v) is 31.7. The number of hydrogen-bond donors (Lipinski definition) is 0. The molecule has 9 aromatic carbocycles. The predicted octanol–water partition coefficient (Wildman–Crippen LogP) is 20.2. The normalized spacial score (nSPS) is 18.6. The highest BCUT2D eigenvalue weighted by molar-refractivity contribution is 7.00. The maximum atomic E-state index is 2.77. The van der Waals surface area contributed by atoms with Gasteiger partial charge >= 0.3 is 0 Å². The zero-order valence-electron chi connectivity index (χ0n) is 53.4. The molecule has 5 aliphatic rings. The van der Waals surface area contributed by atoms with Crippen molar-refractivity contribution in [3.05, 3.63) is 238 Å². The molecule has 0 atom stereocenters. The fraction of sp³-hybridized carbons (Fsp3) is 0.333. The summed E-state index contributed by atoms with van der Waals surface area (Å²) in [6.45, 7) is 37.1. The maximum Gasteiger partial charge on any atom is 0.252 e. The van der Waals surface area contributed by atoms with E-state index in [-0.39, 0.29) is 44.6 Å². The molecular weight excluding hydrogens is 1030 g/mol. The van der Waals surface area contributed by atoms with Gasteiger partial charge in [-0.1, -0.05) is 218 Å². The number of benzene rings is 9. The molecule has 3 aliphatic carbocycles. The summed E-state index contributed by atoms with van der Waals surface area (Å²) in [5, 5.41) is 0. The van der Waals surface area contributed by atoms with Crippen molar-refractivity contribution in [3.63, 3.8) is 0 Å². The van der Waals surface area contributed by atoms with Gasteiger partial charge in [0.1, 0.15) is 0 Å². The Labute approximate surface area is 509 Å². The molecule has 0 aromatic heterocycles. The molecule has 0 N–H and O–H groups in total. The van der Waals surface area contributed by atoms with Crippen LogP contribution < -0.4 is 31.1 Å². The van der Waals surface area contributed by atoms with E-state index in [1.165, 1.54) is 118 Å². The Morgan fingerprint density at radius 3 is 1.26 bits per heavy atom. The monoisotopic (exact) mass is 1110 g/mol. The maximum absolute atomic E-state index is 2.77. The Hall–Kier alpha value is -7.56. The highest BCUT2D eigenvalue weighted by Gasteiger charge is 2.51. The second-order valence-electron chi connectivity index (χ2n) is 30.7. The molecule has 85 heavy (non-hydrogen) atoms. The van der Waals surface area contributed by atoms with Gasteiger partial charge < -0.3 is 14.7 Å². The molecule has 428 valence electrons. The first-order chi connectivity index (χ1) is 40.3. The molecule has 0 saturated heterocycles. The minimum Gasteiger partial charge on any atom is -0.311 e. The summed E-state index contributed by atoms with van der Waals surface area (Å²) in [5.74, 6) is 0. The van der Waals surface area contributed by atoms with Crippen LogP contribution in [0.4, 0.5) is 51.2 Å². The largest absolute Gasteiger partial charge is 0.311 e. The van der Waals surface area contributed by atoms with Crippen LogP contribution in [-0.2, 0) is 37.9 Å². The standard InChI is InChI=1S/C81H86BN3/c1-52-42-60-63(77(6,7)40-38-75(60,2)3)48-69(52)85-71-50-65-62(79(10,11)51-80(65,12)13)47-67(71)82-66-46-61-64(78(8,9)41-39-76(61,4)5)49-70(66)84(68-37-36-55(43-59(68)53-28-20-16-21-29-53)81(14,15)54-30-22-17-23-31-54)72-44-58(45-73(85)74(72)82)83(56-32-24-18-25-33-56)57-34-26-19-27-35-57/h16-37,42-50H,38-41,51H2,1-15H3. The lowest BCUT2D eigenvalue weighted by molar-refractivity contribution is 0.332. The quantitative estimate of drug-likeness (QED) is 0.140. The second-order valence-corrected chi connectivity index (χ2v) is 30.7. The Morgan fingerprint density at radius 2 is 0.765 bits per heavy atom. The van der Waals surface area contributed by atoms with Gasteiger partial charge in [0.25, 0.3) is 6.71 Å². The van der Waals surface area contributed by atoms with Crippen molar-refractivity contribution >= 4 is 74.3 Å². The minimum absolute atomic E-state index is 0.00158. The summed E-state index contributed by atoms with van der Waals surface area (Å²) in [4.78, 5) is 8.03. The zero-order chi connectivity index (χ0) is 59.5. The average Bonchev–Trinajstić information content (AvgIpc) is 1.42. The summed E-state index contributed by atoms with van der Waals surface area (Å²) in [7, 11) is 0. The molecule has 3 nitrogen and oxygen atoms in total. The topological polar surface area (TPSA) is 9.72 Å². The van der Waals surface area contributed by atoms with E-state index in [1.807, 2.05) is 0 Å². The minimum atomic E-state index is -0.267. The van der Waals surface area contributed by atoms with E-state index in [9.17, 15) is 0 Å². The smallest absolute Gasteiger partial charge is 0.252 e. The molecule has 9 aromatic rings. The van der Waals surface area contributed by atoms with Crippen molar-refractivity contribution in [1.82, 2.24) is 0 Å². The summed E-state index contributed by atoms with van der Waals surface area (Å²) < 4.78 is 0. The van der Waals surface area contributed by atoms with E-state index in [4.69, 9.17) is 0 Å². The number of aryl methyl sites for hydroxylation is 1. The van der Waals surface area contributed by atoms with Crippen molar-refractivity contribution in [3.8, 4) is 11.1 Å². The van der Waals surface area contributed by atoms with Gasteiger partial charge in [-0.25, -0.2) is 0 Å². The molecule has 0 spiro atoms.